The molecule has 3 saturated heterocycles. The molecule has 3 fully saturated rings. The third-order valence-corrected chi connectivity index (χ3v) is 11.7. The minimum Gasteiger partial charge on any atom is -0.397 e. The van der Waals surface area contributed by atoms with E-state index in [1.807, 2.05) is 0 Å². The molecule has 440 valence electrons. The number of rotatable bonds is 44. The van der Waals surface area contributed by atoms with Crippen LogP contribution in [-0.4, -0.2) is 234 Å². The molecule has 2 aromatic rings. The van der Waals surface area contributed by atoms with Crippen LogP contribution in [0.2, 0.25) is 0 Å². The molecule has 79 heavy (non-hydrogen) atoms. The Kier molecular flexibility index (Phi) is 30.6. The maximum atomic E-state index is 13.4. The molecule has 0 bridgehead atoms. The van der Waals surface area contributed by atoms with Gasteiger partial charge in [0.15, 0.2) is 0 Å². The summed E-state index contributed by atoms with van der Waals surface area (Å²) >= 11 is 0. The fraction of sp³-hybridized carbons (Fsp3) is 0.615. The van der Waals surface area contributed by atoms with Crippen LogP contribution in [0.15, 0.2) is 60.8 Å². The maximum Gasteiger partial charge on any atom is 0.335 e. The Balaban J connectivity index is 0.704. The van der Waals surface area contributed by atoms with Gasteiger partial charge in [0.2, 0.25) is 0 Å². The van der Waals surface area contributed by atoms with E-state index in [-0.39, 0.29) is 51.5 Å². The second-order valence-electron chi connectivity index (χ2n) is 17.6. The summed E-state index contributed by atoms with van der Waals surface area (Å²) in [6.45, 7) is 10.2. The lowest BCUT2D eigenvalue weighted by atomic mass is 9.99. The van der Waals surface area contributed by atoms with Crippen LogP contribution in [0.1, 0.15) is 31.2 Å². The first kappa shape index (κ1) is 63.9. The zero-order chi connectivity index (χ0) is 56.2. The number of benzene rings is 2. The van der Waals surface area contributed by atoms with E-state index in [4.69, 9.17) is 73.3 Å². The number of amides is 7. The Hall–Kier alpha value is -5.92. The highest BCUT2D eigenvalue weighted by Crippen LogP contribution is 2.32. The van der Waals surface area contributed by atoms with E-state index in [0.29, 0.717) is 186 Å². The van der Waals surface area contributed by atoms with Gasteiger partial charge in [-0.05, 0) is 30.7 Å². The number of hydrazine groups is 1. The lowest BCUT2D eigenvalue weighted by Gasteiger charge is -2.22. The van der Waals surface area contributed by atoms with E-state index in [2.05, 4.69) is 10.6 Å². The van der Waals surface area contributed by atoms with Gasteiger partial charge in [-0.3, -0.25) is 14.4 Å². The molecule has 27 heteroatoms. The molecule has 7 amide bonds. The lowest BCUT2D eigenvalue weighted by molar-refractivity contribution is -0.198. The number of nitrogens with zero attached hydrogens (tertiary/aromatic N) is 4. The van der Waals surface area contributed by atoms with Crippen LogP contribution in [0.5, 0.6) is 0 Å². The minimum absolute atomic E-state index is 0.0429. The quantitative estimate of drug-likeness (QED) is 0.0237. The Morgan fingerprint density at radius 1 is 0.595 bits per heavy atom. The number of hydrogen-bond acceptors (Lipinski definition) is 22. The van der Waals surface area contributed by atoms with Crippen molar-refractivity contribution < 1.29 is 90.4 Å². The second-order valence-corrected chi connectivity index (χ2v) is 17.6. The summed E-state index contributed by atoms with van der Waals surface area (Å²) < 4.78 is 65.9. The van der Waals surface area contributed by atoms with Crippen molar-refractivity contribution in [3.05, 3.63) is 66.4 Å². The average Bonchev–Trinajstić information content (AvgIpc) is 4.26. The summed E-state index contributed by atoms with van der Waals surface area (Å²) in [6.07, 6.45) is 1.89. The Labute approximate surface area is 460 Å². The molecule has 1 atom stereocenters. The molecule has 3 heterocycles. The molecule has 27 nitrogen and oxygen atoms in total. The second kappa shape index (κ2) is 37.9. The lowest BCUT2D eigenvalue weighted by Crippen LogP contribution is -2.50. The number of nitrogens with one attached hydrogen (secondary N) is 2. The smallest absolute Gasteiger partial charge is 0.335 e. The standard InChI is InChI=1S/C52H78N8O19/c53-45(42-5-4-6-43(39-42)55-50(65)57-13-12-52(41-57)49(64)59(51(66)56-52)44-7-2-1-3-8-44)40-58(54)14-16-68-18-20-70-22-24-72-26-28-74-30-32-76-34-36-78-38-37-77-35-33-75-31-29-73-27-25-71-23-21-69-19-17-67-15-11-48(63)79-60-46(61)9-10-47(60)62/h1-8,39-40H,9-38,41,53-54H2,(H,55,65)(H,56,66)/b45-40-. The number of carbonyl (C=O) groups is 6. The number of hydrogen-bond donors (Lipinski definition) is 4. The Morgan fingerprint density at radius 3 is 1.51 bits per heavy atom. The van der Waals surface area contributed by atoms with E-state index < -0.39 is 35.4 Å². The van der Waals surface area contributed by atoms with Crippen molar-refractivity contribution in [2.24, 2.45) is 11.6 Å². The third-order valence-electron chi connectivity index (χ3n) is 11.7. The van der Waals surface area contributed by atoms with E-state index in [0.717, 1.165) is 4.90 Å². The molecule has 0 radical (unpaired) electrons. The largest absolute Gasteiger partial charge is 0.397 e. The van der Waals surface area contributed by atoms with Crippen LogP contribution in [0, 0.1) is 0 Å². The number of ether oxygens (including phenoxy) is 12. The van der Waals surface area contributed by atoms with Crippen molar-refractivity contribution in [2.45, 2.75) is 31.2 Å². The van der Waals surface area contributed by atoms with Crippen LogP contribution in [0.25, 0.3) is 5.70 Å². The van der Waals surface area contributed by atoms with Crippen LogP contribution < -0.4 is 27.1 Å². The first-order valence-electron chi connectivity index (χ1n) is 26.4. The topological polar surface area (TPSA) is 311 Å². The Bertz CT molecular complexity index is 2150. The van der Waals surface area contributed by atoms with Crippen molar-refractivity contribution in [3.63, 3.8) is 0 Å². The van der Waals surface area contributed by atoms with Crippen LogP contribution >= 0.6 is 0 Å². The third kappa shape index (κ3) is 24.6. The van der Waals surface area contributed by atoms with Crippen molar-refractivity contribution >= 4 is 52.8 Å². The molecular weight excluding hydrogens is 1040 g/mol. The molecule has 0 aromatic heterocycles. The highest BCUT2D eigenvalue weighted by molar-refractivity contribution is 6.23. The van der Waals surface area contributed by atoms with Gasteiger partial charge in [0, 0.05) is 36.8 Å². The molecule has 0 saturated carbocycles. The van der Waals surface area contributed by atoms with Crippen LogP contribution in [0.4, 0.5) is 21.0 Å². The van der Waals surface area contributed by atoms with Gasteiger partial charge in [0.05, 0.1) is 189 Å². The van der Waals surface area contributed by atoms with Crippen molar-refractivity contribution in [3.8, 4) is 0 Å². The summed E-state index contributed by atoms with van der Waals surface area (Å²) in [6, 6.07) is 14.8. The summed E-state index contributed by atoms with van der Waals surface area (Å²) in [5.41, 5.74) is 7.15. The highest BCUT2D eigenvalue weighted by atomic mass is 16.7. The number of para-hydroxylation sites is 1. The number of carbonyl (C=O) groups excluding carboxylic acids is 6. The number of likely N-dealkylation sites (tertiary alicyclic amines) is 1. The van der Waals surface area contributed by atoms with Gasteiger partial charge in [-0.1, -0.05) is 30.3 Å². The normalized spacial score (nSPS) is 16.5. The highest BCUT2D eigenvalue weighted by Gasteiger charge is 2.56. The molecule has 2 aromatic carbocycles. The fourth-order valence-electron chi connectivity index (χ4n) is 7.64. The zero-order valence-corrected chi connectivity index (χ0v) is 44.9. The van der Waals surface area contributed by atoms with Crippen molar-refractivity contribution in [1.29, 1.82) is 0 Å². The predicted molar refractivity (Wildman–Crippen MR) is 282 cm³/mol. The predicted octanol–water partition coefficient (Wildman–Crippen LogP) is 1.05. The van der Waals surface area contributed by atoms with Gasteiger partial charge >= 0.3 is 18.0 Å². The van der Waals surface area contributed by atoms with E-state index >= 15 is 0 Å². The summed E-state index contributed by atoms with van der Waals surface area (Å²) in [4.78, 5) is 81.4. The molecule has 3 aliphatic heterocycles. The number of nitrogens with two attached hydrogens (primary N) is 2. The SMILES string of the molecule is N/C(=C\N(N)CCOCCOCCOCCOCCOCCOCCOCCOCCOCCOCCOCCOCCC(=O)ON1C(=O)CCC1=O)c1cccc(NC(=O)N2CCC3(C2)NC(=O)N(c2ccccc2)C3=O)c1. The zero-order valence-electron chi connectivity index (χ0n) is 44.9. The molecule has 3 aliphatic rings. The maximum absolute atomic E-state index is 13.4. The average molecular weight is 1120 g/mol. The van der Waals surface area contributed by atoms with E-state index in [1.54, 1.807) is 60.8 Å². The summed E-state index contributed by atoms with van der Waals surface area (Å²) in [5, 5.41) is 7.61. The molecular formula is C52H78N8O19. The van der Waals surface area contributed by atoms with Gasteiger partial charge < -0.3 is 88.0 Å². The molecule has 6 N–H and O–H groups in total. The molecule has 1 spiro atoms. The number of hydroxylamine groups is 2. The fourth-order valence-corrected chi connectivity index (χ4v) is 7.64. The van der Waals surface area contributed by atoms with Crippen molar-refractivity contribution in [2.75, 3.05) is 188 Å². The van der Waals surface area contributed by atoms with Gasteiger partial charge in [-0.15, -0.1) is 5.06 Å². The first-order valence-corrected chi connectivity index (χ1v) is 26.4. The molecule has 1 unspecified atom stereocenters. The molecule has 0 aliphatic carbocycles. The van der Waals surface area contributed by atoms with Crippen molar-refractivity contribution in [1.82, 2.24) is 20.3 Å². The van der Waals surface area contributed by atoms with Gasteiger partial charge in [0.1, 0.15) is 5.54 Å². The number of urea groups is 2. The van der Waals surface area contributed by atoms with Gasteiger partial charge in [-0.2, -0.15) is 0 Å². The number of anilines is 2. The first-order chi connectivity index (χ1) is 38.6. The Morgan fingerprint density at radius 2 is 1.04 bits per heavy atom. The van der Waals surface area contributed by atoms with Crippen LogP contribution in [0.3, 0.4) is 0 Å². The minimum atomic E-state index is -1.18. The van der Waals surface area contributed by atoms with Crippen LogP contribution in [-0.2, 0) is 80.9 Å². The van der Waals surface area contributed by atoms with Gasteiger partial charge in [-0.25, -0.2) is 25.1 Å². The van der Waals surface area contributed by atoms with E-state index in [1.165, 1.54) is 9.91 Å². The summed E-state index contributed by atoms with van der Waals surface area (Å²) in [5.74, 6) is 4.01. The monoisotopic (exact) mass is 1120 g/mol. The summed E-state index contributed by atoms with van der Waals surface area (Å²) in [7, 11) is 0. The van der Waals surface area contributed by atoms with Gasteiger partial charge in [0.25, 0.3) is 17.7 Å². The number of imide groups is 2. The molecule has 5 rings (SSSR count). The van der Waals surface area contributed by atoms with E-state index in [9.17, 15) is 28.8 Å².